The minimum absolute atomic E-state index is 0.136. The zero-order valence-corrected chi connectivity index (χ0v) is 15.6. The zero-order valence-electron chi connectivity index (χ0n) is 14.0. The van der Waals surface area contributed by atoms with Gasteiger partial charge in [0.1, 0.15) is 17.9 Å². The number of nitrogen functional groups attached to an aromatic ring is 1. The number of halogens is 1. The van der Waals surface area contributed by atoms with Crippen LogP contribution in [0.25, 0.3) is 11.2 Å². The van der Waals surface area contributed by atoms with Crippen LogP contribution in [0.1, 0.15) is 11.8 Å². The molecule has 0 amide bonds. The number of nitrogens with two attached hydrogens (primary N) is 1. The van der Waals surface area contributed by atoms with E-state index >= 15 is 0 Å². The Kier molecular flexibility index (Phi) is 4.74. The van der Waals surface area contributed by atoms with Crippen molar-refractivity contribution in [1.29, 1.82) is 0 Å². The monoisotopic (exact) mass is 391 g/mol. The number of alkyl halides is 1. The van der Waals surface area contributed by atoms with Crippen LogP contribution in [-0.4, -0.2) is 48.0 Å². The van der Waals surface area contributed by atoms with Gasteiger partial charge in [-0.05, 0) is 18.6 Å². The number of hydrogen-bond donors (Lipinski definition) is 2. The van der Waals surface area contributed by atoms with Gasteiger partial charge in [0, 0.05) is 4.90 Å². The molecule has 0 saturated carbocycles. The molecule has 4 rings (SSSR count). The van der Waals surface area contributed by atoms with E-state index in [1.165, 1.54) is 6.33 Å². The number of aryl methyl sites for hydroxylation is 1. The summed E-state index contributed by atoms with van der Waals surface area (Å²) in [7, 11) is 0. The molecule has 0 spiro atoms. The van der Waals surface area contributed by atoms with E-state index in [9.17, 15) is 5.11 Å². The molecule has 1 saturated heterocycles. The molecule has 7 nitrogen and oxygen atoms in total. The van der Waals surface area contributed by atoms with Crippen LogP contribution in [0.2, 0.25) is 0 Å². The number of aliphatic hydroxyl groups excluding tert-OH is 1. The van der Waals surface area contributed by atoms with E-state index < -0.39 is 12.3 Å². The summed E-state index contributed by atoms with van der Waals surface area (Å²) in [5, 5.41) is 9.15. The number of rotatable bonds is 4. The van der Waals surface area contributed by atoms with Crippen molar-refractivity contribution < 1.29 is 9.84 Å². The molecule has 3 N–H and O–H groups in total. The second kappa shape index (κ2) is 7.03. The molecule has 136 valence electrons. The minimum atomic E-state index is -0.472. The van der Waals surface area contributed by atoms with E-state index in [4.69, 9.17) is 22.1 Å². The van der Waals surface area contributed by atoms with Crippen molar-refractivity contribution in [2.45, 2.75) is 34.8 Å². The standard InChI is InChI=1S/C17H18ClN5O2S/c1-9-4-2-3-5-11(9)26-14-12(18)10(6-24)25-17(14)23-8-22-13-15(19)20-7-21-16(13)23/h2-5,7-8,10,12,14,17,24H,6H2,1H3,(H2,19,20,21)/t10-,12+,14-,17-/m1/s1. The van der Waals surface area contributed by atoms with Gasteiger partial charge < -0.3 is 15.6 Å². The number of aromatic nitrogens is 4. The summed E-state index contributed by atoms with van der Waals surface area (Å²) in [5.74, 6) is 0.316. The van der Waals surface area contributed by atoms with Crippen LogP contribution >= 0.6 is 23.4 Å². The number of benzene rings is 1. The molecule has 0 bridgehead atoms. The first-order chi connectivity index (χ1) is 12.6. The number of ether oxygens (including phenoxy) is 1. The van der Waals surface area contributed by atoms with E-state index in [2.05, 4.69) is 34.0 Å². The largest absolute Gasteiger partial charge is 0.394 e. The topological polar surface area (TPSA) is 99.1 Å². The Morgan fingerprint density at radius 3 is 2.88 bits per heavy atom. The summed E-state index contributed by atoms with van der Waals surface area (Å²) in [6, 6.07) is 8.10. The van der Waals surface area contributed by atoms with Gasteiger partial charge in [0.2, 0.25) is 0 Å². The van der Waals surface area contributed by atoms with Crippen LogP contribution in [-0.2, 0) is 4.74 Å². The molecule has 1 aromatic carbocycles. The van der Waals surface area contributed by atoms with Crippen molar-refractivity contribution in [3.63, 3.8) is 0 Å². The third-order valence-electron chi connectivity index (χ3n) is 4.46. The minimum Gasteiger partial charge on any atom is -0.394 e. The Balaban J connectivity index is 1.74. The molecule has 9 heteroatoms. The molecular weight excluding hydrogens is 374 g/mol. The highest BCUT2D eigenvalue weighted by Crippen LogP contribution is 2.44. The molecule has 1 aliphatic heterocycles. The van der Waals surface area contributed by atoms with Crippen molar-refractivity contribution in [1.82, 2.24) is 19.5 Å². The van der Waals surface area contributed by atoms with Crippen LogP contribution in [0.3, 0.4) is 0 Å². The maximum atomic E-state index is 9.66. The van der Waals surface area contributed by atoms with Gasteiger partial charge in [-0.15, -0.1) is 23.4 Å². The van der Waals surface area contributed by atoms with E-state index in [0.29, 0.717) is 17.0 Å². The maximum absolute atomic E-state index is 9.66. The van der Waals surface area contributed by atoms with Crippen molar-refractivity contribution in [2.75, 3.05) is 12.3 Å². The van der Waals surface area contributed by atoms with Crippen LogP contribution in [0.15, 0.2) is 41.8 Å². The van der Waals surface area contributed by atoms with E-state index in [1.54, 1.807) is 18.1 Å². The highest BCUT2D eigenvalue weighted by atomic mass is 35.5. The molecule has 4 atom stereocenters. The van der Waals surface area contributed by atoms with Crippen molar-refractivity contribution in [3.8, 4) is 0 Å². The second-order valence-electron chi connectivity index (χ2n) is 6.12. The maximum Gasteiger partial charge on any atom is 0.167 e. The molecule has 0 aliphatic carbocycles. The predicted molar refractivity (Wildman–Crippen MR) is 101 cm³/mol. The molecule has 1 aliphatic rings. The fourth-order valence-electron chi connectivity index (χ4n) is 3.08. The molecule has 2 aromatic heterocycles. The third-order valence-corrected chi connectivity index (χ3v) is 6.67. The summed E-state index contributed by atoms with van der Waals surface area (Å²) in [4.78, 5) is 13.7. The molecule has 3 heterocycles. The van der Waals surface area contributed by atoms with E-state index in [0.717, 1.165) is 10.5 Å². The Morgan fingerprint density at radius 1 is 1.31 bits per heavy atom. The first-order valence-electron chi connectivity index (χ1n) is 8.16. The van der Waals surface area contributed by atoms with Gasteiger partial charge in [0.15, 0.2) is 17.7 Å². The second-order valence-corrected chi connectivity index (χ2v) is 7.85. The fraction of sp³-hybridized carbons (Fsp3) is 0.353. The third kappa shape index (κ3) is 2.92. The Bertz CT molecular complexity index is 936. The van der Waals surface area contributed by atoms with E-state index in [1.807, 2.05) is 16.7 Å². The predicted octanol–water partition coefficient (Wildman–Crippen LogP) is 2.37. The Labute approximate surface area is 159 Å². The van der Waals surface area contributed by atoms with Crippen molar-refractivity contribution in [2.24, 2.45) is 0 Å². The molecule has 0 unspecified atom stereocenters. The van der Waals surface area contributed by atoms with Crippen LogP contribution in [0.5, 0.6) is 0 Å². The molecular formula is C17H18ClN5O2S. The van der Waals surface area contributed by atoms with Gasteiger partial charge in [-0.25, -0.2) is 15.0 Å². The lowest BCUT2D eigenvalue weighted by Gasteiger charge is -2.21. The van der Waals surface area contributed by atoms with Gasteiger partial charge in [-0.2, -0.15) is 0 Å². The number of hydrogen-bond acceptors (Lipinski definition) is 7. The smallest absolute Gasteiger partial charge is 0.167 e. The number of fused-ring (bicyclic) bond motifs is 1. The first kappa shape index (κ1) is 17.5. The van der Waals surface area contributed by atoms with Crippen molar-refractivity contribution >= 4 is 40.3 Å². The van der Waals surface area contributed by atoms with Gasteiger partial charge in [-0.3, -0.25) is 4.57 Å². The molecule has 26 heavy (non-hydrogen) atoms. The van der Waals surface area contributed by atoms with Gasteiger partial charge in [0.25, 0.3) is 0 Å². The fourth-order valence-corrected chi connectivity index (χ4v) is 4.82. The van der Waals surface area contributed by atoms with Gasteiger partial charge >= 0.3 is 0 Å². The SMILES string of the molecule is Cc1ccccc1S[C@@H]1[C@@H](Cl)[C@@H](CO)O[C@H]1n1cnc2c(N)ncnc21. The van der Waals surface area contributed by atoms with Crippen LogP contribution < -0.4 is 5.73 Å². The summed E-state index contributed by atoms with van der Waals surface area (Å²) < 4.78 is 7.87. The first-order valence-corrected chi connectivity index (χ1v) is 9.47. The van der Waals surface area contributed by atoms with Crippen molar-refractivity contribution in [3.05, 3.63) is 42.5 Å². The lowest BCUT2D eigenvalue weighted by molar-refractivity contribution is -0.0189. The highest BCUT2D eigenvalue weighted by molar-refractivity contribution is 8.00. The van der Waals surface area contributed by atoms with Crippen LogP contribution in [0.4, 0.5) is 5.82 Å². The number of anilines is 1. The lowest BCUT2D eigenvalue weighted by Crippen LogP contribution is -2.26. The molecule has 0 radical (unpaired) electrons. The summed E-state index contributed by atoms with van der Waals surface area (Å²) in [6.45, 7) is 1.90. The quantitative estimate of drug-likeness (QED) is 0.658. The average Bonchev–Trinajstić information content (AvgIpc) is 3.20. The van der Waals surface area contributed by atoms with Gasteiger partial charge in [0.05, 0.1) is 23.6 Å². The summed E-state index contributed by atoms with van der Waals surface area (Å²) >= 11 is 8.28. The number of aliphatic hydroxyl groups is 1. The van der Waals surface area contributed by atoms with E-state index in [-0.39, 0.29) is 17.2 Å². The molecule has 1 fully saturated rings. The number of thioether (sulfide) groups is 1. The van der Waals surface area contributed by atoms with Crippen LogP contribution in [0, 0.1) is 6.92 Å². The summed E-state index contributed by atoms with van der Waals surface area (Å²) in [5.41, 5.74) is 8.16. The lowest BCUT2D eigenvalue weighted by atomic mass is 10.2. The average molecular weight is 392 g/mol. The number of nitrogens with zero attached hydrogens (tertiary/aromatic N) is 4. The van der Waals surface area contributed by atoms with Gasteiger partial charge in [-0.1, -0.05) is 18.2 Å². The number of imidazole rings is 1. The zero-order chi connectivity index (χ0) is 18.3. The molecule has 3 aromatic rings. The highest BCUT2D eigenvalue weighted by Gasteiger charge is 2.45. The Morgan fingerprint density at radius 2 is 2.12 bits per heavy atom. The summed E-state index contributed by atoms with van der Waals surface area (Å²) in [6.07, 6.45) is 2.13. The Hall–Kier alpha value is -1.87. The normalized spacial score (nSPS) is 25.8.